The first-order valence-corrected chi connectivity index (χ1v) is 8.76. The Bertz CT molecular complexity index is 602. The Hall–Kier alpha value is -0.980. The van der Waals surface area contributed by atoms with E-state index in [2.05, 4.69) is 5.32 Å². The van der Waals surface area contributed by atoms with E-state index in [4.69, 9.17) is 0 Å². The molecule has 1 unspecified atom stereocenters. The van der Waals surface area contributed by atoms with Crippen molar-refractivity contribution in [2.24, 2.45) is 5.92 Å². The summed E-state index contributed by atoms with van der Waals surface area (Å²) in [4.78, 5) is 0.179. The van der Waals surface area contributed by atoms with Crippen molar-refractivity contribution >= 4 is 10.0 Å². The van der Waals surface area contributed by atoms with Gasteiger partial charge in [-0.25, -0.2) is 12.8 Å². The van der Waals surface area contributed by atoms with Gasteiger partial charge in [-0.2, -0.15) is 4.31 Å². The van der Waals surface area contributed by atoms with Gasteiger partial charge in [-0.15, -0.1) is 0 Å². The largest absolute Gasteiger partial charge is 0.310 e. The molecule has 6 heteroatoms. The predicted octanol–water partition coefficient (Wildman–Crippen LogP) is 2.35. The van der Waals surface area contributed by atoms with E-state index < -0.39 is 10.0 Å². The van der Waals surface area contributed by atoms with Crippen molar-refractivity contribution in [3.8, 4) is 0 Å². The molecule has 0 saturated carbocycles. The number of hydrogen-bond acceptors (Lipinski definition) is 3. The van der Waals surface area contributed by atoms with E-state index in [0.717, 1.165) is 6.42 Å². The molecule has 0 amide bonds. The van der Waals surface area contributed by atoms with Crippen LogP contribution in [0.5, 0.6) is 0 Å². The predicted molar refractivity (Wildman–Crippen MR) is 80.9 cm³/mol. The van der Waals surface area contributed by atoms with Crippen LogP contribution in [0.2, 0.25) is 0 Å². The highest BCUT2D eigenvalue weighted by atomic mass is 32.2. The minimum atomic E-state index is -3.51. The molecule has 1 aromatic rings. The molecule has 118 valence electrons. The van der Waals surface area contributed by atoms with E-state index in [1.165, 1.54) is 22.5 Å². The van der Waals surface area contributed by atoms with Crippen LogP contribution in [0.4, 0.5) is 4.39 Å². The van der Waals surface area contributed by atoms with Gasteiger partial charge in [0.25, 0.3) is 0 Å². The molecule has 0 bridgehead atoms. The first-order valence-electron chi connectivity index (χ1n) is 7.32. The van der Waals surface area contributed by atoms with E-state index in [1.807, 2.05) is 20.8 Å². The zero-order valence-corrected chi connectivity index (χ0v) is 13.6. The summed E-state index contributed by atoms with van der Waals surface area (Å²) in [5.41, 5.74) is 0.386. The minimum Gasteiger partial charge on any atom is -0.310 e. The molecule has 21 heavy (non-hydrogen) atoms. The van der Waals surface area contributed by atoms with Gasteiger partial charge in [0, 0.05) is 31.2 Å². The molecule has 0 aliphatic carbocycles. The lowest BCUT2D eigenvalue weighted by Gasteiger charge is -2.17. The van der Waals surface area contributed by atoms with Crippen LogP contribution in [0.15, 0.2) is 23.1 Å². The second-order valence-electron chi connectivity index (χ2n) is 6.05. The van der Waals surface area contributed by atoms with Gasteiger partial charge < -0.3 is 5.32 Å². The van der Waals surface area contributed by atoms with Crippen LogP contribution >= 0.6 is 0 Å². The van der Waals surface area contributed by atoms with Crippen LogP contribution < -0.4 is 5.32 Å². The van der Waals surface area contributed by atoms with Gasteiger partial charge in [-0.05, 0) is 30.5 Å². The van der Waals surface area contributed by atoms with Crippen molar-refractivity contribution in [3.63, 3.8) is 0 Å². The molecule has 1 saturated heterocycles. The van der Waals surface area contributed by atoms with Crippen molar-refractivity contribution < 1.29 is 12.8 Å². The summed E-state index contributed by atoms with van der Waals surface area (Å²) in [5, 5.41) is 3.11. The third-order valence-corrected chi connectivity index (χ3v) is 5.60. The molecular weight excluding hydrogens is 291 g/mol. The highest BCUT2D eigenvalue weighted by Crippen LogP contribution is 2.25. The van der Waals surface area contributed by atoms with Crippen molar-refractivity contribution in [2.45, 2.75) is 44.7 Å². The van der Waals surface area contributed by atoms with Crippen LogP contribution in [-0.4, -0.2) is 31.9 Å². The number of hydrogen-bond donors (Lipinski definition) is 1. The van der Waals surface area contributed by atoms with Crippen molar-refractivity contribution in [1.29, 1.82) is 0 Å². The highest BCUT2D eigenvalue weighted by molar-refractivity contribution is 7.89. The molecule has 1 N–H and O–H groups in total. The molecule has 1 aliphatic heterocycles. The maximum absolute atomic E-state index is 13.8. The summed E-state index contributed by atoms with van der Waals surface area (Å²) in [6, 6.07) is 4.25. The van der Waals surface area contributed by atoms with Gasteiger partial charge in [-0.1, -0.05) is 20.8 Å². The number of benzene rings is 1. The van der Waals surface area contributed by atoms with Crippen LogP contribution in [0, 0.1) is 11.7 Å². The number of halogens is 1. The average molecular weight is 314 g/mol. The minimum absolute atomic E-state index is 0.179. The van der Waals surface area contributed by atoms with Gasteiger partial charge in [0.2, 0.25) is 10.0 Å². The summed E-state index contributed by atoms with van der Waals surface area (Å²) in [6.45, 7) is 7.37. The van der Waals surface area contributed by atoms with E-state index in [9.17, 15) is 12.8 Å². The Labute approximate surface area is 126 Å². The summed E-state index contributed by atoms with van der Waals surface area (Å²) >= 11 is 0. The molecule has 2 rings (SSSR count). The third-order valence-electron chi connectivity index (χ3n) is 3.74. The Balaban J connectivity index is 2.25. The number of sulfonamides is 1. The highest BCUT2D eigenvalue weighted by Gasteiger charge is 2.30. The second-order valence-corrected chi connectivity index (χ2v) is 7.98. The molecule has 4 nitrogen and oxygen atoms in total. The maximum Gasteiger partial charge on any atom is 0.243 e. The molecular formula is C15H23FN2O2S. The third kappa shape index (κ3) is 3.81. The lowest BCUT2D eigenvalue weighted by atomic mass is 10.2. The molecule has 1 heterocycles. The summed E-state index contributed by atoms with van der Waals surface area (Å²) in [7, 11) is -3.51. The first kappa shape index (κ1) is 16.4. The second kappa shape index (κ2) is 6.42. The fourth-order valence-corrected chi connectivity index (χ4v) is 4.05. The number of rotatable bonds is 5. The van der Waals surface area contributed by atoms with Crippen LogP contribution in [0.3, 0.4) is 0 Å². The summed E-state index contributed by atoms with van der Waals surface area (Å²) in [6.07, 6.45) is 0.877. The van der Waals surface area contributed by atoms with Crippen LogP contribution in [-0.2, 0) is 16.6 Å². The van der Waals surface area contributed by atoms with Crippen molar-refractivity contribution in [1.82, 2.24) is 9.62 Å². The van der Waals surface area contributed by atoms with Crippen LogP contribution in [0.1, 0.15) is 32.8 Å². The van der Waals surface area contributed by atoms with Crippen molar-refractivity contribution in [2.75, 3.05) is 13.1 Å². The van der Waals surface area contributed by atoms with Gasteiger partial charge in [-0.3, -0.25) is 0 Å². The van der Waals surface area contributed by atoms with E-state index in [-0.39, 0.29) is 16.8 Å². The normalized spacial score (nSPS) is 20.3. The average Bonchev–Trinajstić information content (AvgIpc) is 2.85. The molecule has 1 fully saturated rings. The Kier molecular flexibility index (Phi) is 5.01. The smallest absolute Gasteiger partial charge is 0.243 e. The zero-order chi connectivity index (χ0) is 15.6. The quantitative estimate of drug-likeness (QED) is 0.907. The van der Waals surface area contributed by atoms with E-state index >= 15 is 0 Å². The Morgan fingerprint density at radius 1 is 1.43 bits per heavy atom. The topological polar surface area (TPSA) is 49.4 Å². The first-order chi connectivity index (χ1) is 9.80. The lowest BCUT2D eigenvalue weighted by Crippen LogP contribution is -2.29. The monoisotopic (exact) mass is 314 g/mol. The van der Waals surface area contributed by atoms with E-state index in [1.54, 1.807) is 0 Å². The lowest BCUT2D eigenvalue weighted by molar-refractivity contribution is 0.464. The molecule has 0 radical (unpaired) electrons. The molecule has 0 spiro atoms. The fraction of sp³-hybridized carbons (Fsp3) is 0.600. The number of nitrogens with one attached hydrogen (secondary N) is 1. The van der Waals surface area contributed by atoms with Gasteiger partial charge in [0.1, 0.15) is 5.82 Å². The summed E-state index contributed by atoms with van der Waals surface area (Å²) < 4.78 is 40.4. The Morgan fingerprint density at radius 3 is 2.71 bits per heavy atom. The molecule has 1 aliphatic rings. The van der Waals surface area contributed by atoms with Gasteiger partial charge >= 0.3 is 0 Å². The molecule has 1 atom stereocenters. The Morgan fingerprint density at radius 2 is 2.14 bits per heavy atom. The van der Waals surface area contributed by atoms with Gasteiger partial charge in [0.05, 0.1) is 4.90 Å². The number of nitrogens with zero attached hydrogens (tertiary/aromatic N) is 1. The fourth-order valence-electron chi connectivity index (χ4n) is 2.42. The van der Waals surface area contributed by atoms with Crippen molar-refractivity contribution in [3.05, 3.63) is 29.6 Å². The molecule has 1 aromatic carbocycles. The zero-order valence-electron chi connectivity index (χ0n) is 12.8. The standard InChI is InChI=1S/C15H23FN2O2S/c1-11(2)17-9-13-8-14(4-5-15(13)16)21(19,20)18-7-6-12(3)10-18/h4-5,8,11-12,17H,6-7,9-10H2,1-3H3. The van der Waals surface area contributed by atoms with E-state index in [0.29, 0.717) is 31.1 Å². The van der Waals surface area contributed by atoms with Crippen LogP contribution in [0.25, 0.3) is 0 Å². The maximum atomic E-state index is 13.8. The van der Waals surface area contributed by atoms with Gasteiger partial charge in [0.15, 0.2) is 0 Å². The SMILES string of the molecule is CC1CCN(S(=O)(=O)c2ccc(F)c(CNC(C)C)c2)C1. The summed E-state index contributed by atoms with van der Waals surface area (Å²) in [5.74, 6) is -0.000749. The molecule has 0 aromatic heterocycles.